The number of ether oxygens (including phenoxy) is 1. The summed E-state index contributed by atoms with van der Waals surface area (Å²) < 4.78 is 5.02. The van der Waals surface area contributed by atoms with Crippen molar-refractivity contribution in [2.24, 2.45) is 4.99 Å². The highest BCUT2D eigenvalue weighted by Gasteiger charge is 2.14. The normalized spacial score (nSPS) is 18.2. The number of piperazine rings is 1. The molecule has 6 heteroatoms. The summed E-state index contributed by atoms with van der Waals surface area (Å²) in [6.45, 7) is 11.8. The van der Waals surface area contributed by atoms with Gasteiger partial charge < -0.3 is 20.3 Å². The zero-order valence-electron chi connectivity index (χ0n) is 13.3. The SMILES string of the molecule is CCN1CCN(CCNC(=NC)NCCCOC)CC1. The van der Waals surface area contributed by atoms with Crippen molar-refractivity contribution in [1.82, 2.24) is 20.4 Å². The van der Waals surface area contributed by atoms with Gasteiger partial charge in [0, 0.05) is 66.6 Å². The van der Waals surface area contributed by atoms with Crippen molar-refractivity contribution in [1.29, 1.82) is 0 Å². The van der Waals surface area contributed by atoms with Gasteiger partial charge in [0.25, 0.3) is 0 Å². The quantitative estimate of drug-likeness (QED) is 0.368. The number of likely N-dealkylation sites (N-methyl/N-ethyl adjacent to an activating group) is 1. The Morgan fingerprint density at radius 3 is 2.35 bits per heavy atom. The number of methoxy groups -OCH3 is 1. The van der Waals surface area contributed by atoms with E-state index in [-0.39, 0.29) is 0 Å². The number of rotatable bonds is 8. The lowest BCUT2D eigenvalue weighted by atomic mass is 10.3. The lowest BCUT2D eigenvalue weighted by Crippen LogP contribution is -2.49. The number of hydrogen-bond donors (Lipinski definition) is 2. The first-order chi connectivity index (χ1) is 9.80. The van der Waals surface area contributed by atoms with Crippen molar-refractivity contribution in [3.63, 3.8) is 0 Å². The standard InChI is InChI=1S/C14H31N5O/c1-4-18-9-11-19(12-10-18)8-7-17-14(15-2)16-6-5-13-20-3/h4-13H2,1-3H3,(H2,15,16,17). The molecule has 1 rings (SSSR count). The van der Waals surface area contributed by atoms with Crippen LogP contribution in [0.3, 0.4) is 0 Å². The van der Waals surface area contributed by atoms with Gasteiger partial charge in [0.1, 0.15) is 0 Å². The fourth-order valence-electron chi connectivity index (χ4n) is 2.31. The maximum absolute atomic E-state index is 5.02. The van der Waals surface area contributed by atoms with Gasteiger partial charge in [-0.3, -0.25) is 9.89 Å². The monoisotopic (exact) mass is 285 g/mol. The molecule has 1 aliphatic rings. The molecule has 0 spiro atoms. The second-order valence-corrected chi connectivity index (χ2v) is 5.05. The number of nitrogens with zero attached hydrogens (tertiary/aromatic N) is 3. The first kappa shape index (κ1) is 17.2. The Hall–Kier alpha value is -0.850. The molecule has 0 radical (unpaired) electrons. The molecule has 1 aliphatic heterocycles. The Kier molecular flexibility index (Phi) is 9.36. The molecule has 0 bridgehead atoms. The third kappa shape index (κ3) is 7.07. The Bertz CT molecular complexity index is 264. The molecule has 0 aromatic rings. The molecule has 2 N–H and O–H groups in total. The highest BCUT2D eigenvalue weighted by molar-refractivity contribution is 5.79. The van der Waals surface area contributed by atoms with Crippen molar-refractivity contribution >= 4 is 5.96 Å². The van der Waals surface area contributed by atoms with Crippen LogP contribution in [-0.4, -0.2) is 88.9 Å². The van der Waals surface area contributed by atoms with Gasteiger partial charge in [-0.2, -0.15) is 0 Å². The van der Waals surface area contributed by atoms with E-state index in [1.807, 2.05) is 7.05 Å². The number of nitrogens with one attached hydrogen (secondary N) is 2. The molecular formula is C14H31N5O. The van der Waals surface area contributed by atoms with Gasteiger partial charge in [0.2, 0.25) is 0 Å². The highest BCUT2D eigenvalue weighted by Crippen LogP contribution is 1.99. The molecular weight excluding hydrogens is 254 g/mol. The Morgan fingerprint density at radius 2 is 1.75 bits per heavy atom. The largest absolute Gasteiger partial charge is 0.385 e. The Morgan fingerprint density at radius 1 is 1.10 bits per heavy atom. The lowest BCUT2D eigenvalue weighted by Gasteiger charge is -2.34. The van der Waals surface area contributed by atoms with Crippen molar-refractivity contribution in [2.45, 2.75) is 13.3 Å². The third-order valence-corrected chi connectivity index (χ3v) is 3.67. The minimum Gasteiger partial charge on any atom is -0.385 e. The predicted octanol–water partition coefficient (Wildman–Crippen LogP) is -0.175. The van der Waals surface area contributed by atoms with E-state index in [0.717, 1.165) is 38.6 Å². The van der Waals surface area contributed by atoms with Crippen LogP contribution in [0.15, 0.2) is 4.99 Å². The molecule has 118 valence electrons. The summed E-state index contributed by atoms with van der Waals surface area (Å²) in [5.41, 5.74) is 0. The van der Waals surface area contributed by atoms with E-state index in [4.69, 9.17) is 4.74 Å². The molecule has 0 aliphatic carbocycles. The molecule has 20 heavy (non-hydrogen) atoms. The molecule has 1 saturated heterocycles. The predicted molar refractivity (Wildman–Crippen MR) is 84.4 cm³/mol. The van der Waals surface area contributed by atoms with Gasteiger partial charge in [0.05, 0.1) is 0 Å². The number of hydrogen-bond acceptors (Lipinski definition) is 4. The molecule has 0 aromatic carbocycles. The minimum absolute atomic E-state index is 0.783. The van der Waals surface area contributed by atoms with Gasteiger partial charge in [-0.05, 0) is 13.0 Å². The summed E-state index contributed by atoms with van der Waals surface area (Å²) in [5.74, 6) is 0.883. The van der Waals surface area contributed by atoms with Crippen LogP contribution in [0.25, 0.3) is 0 Å². The summed E-state index contributed by atoms with van der Waals surface area (Å²) in [5, 5.41) is 6.65. The summed E-state index contributed by atoms with van der Waals surface area (Å²) in [4.78, 5) is 9.23. The van der Waals surface area contributed by atoms with E-state index in [0.29, 0.717) is 0 Å². The van der Waals surface area contributed by atoms with E-state index in [1.54, 1.807) is 7.11 Å². The average molecular weight is 285 g/mol. The van der Waals surface area contributed by atoms with Gasteiger partial charge in [0.15, 0.2) is 5.96 Å². The smallest absolute Gasteiger partial charge is 0.191 e. The van der Waals surface area contributed by atoms with Gasteiger partial charge in [-0.1, -0.05) is 6.92 Å². The van der Waals surface area contributed by atoms with Crippen molar-refractivity contribution in [2.75, 3.05) is 73.1 Å². The Labute approximate surface area is 123 Å². The van der Waals surface area contributed by atoms with Gasteiger partial charge >= 0.3 is 0 Å². The van der Waals surface area contributed by atoms with Crippen LogP contribution >= 0.6 is 0 Å². The van der Waals surface area contributed by atoms with Crippen LogP contribution in [-0.2, 0) is 4.74 Å². The van der Waals surface area contributed by atoms with E-state index in [1.165, 1.54) is 32.7 Å². The van der Waals surface area contributed by atoms with Crippen LogP contribution in [0.2, 0.25) is 0 Å². The zero-order valence-corrected chi connectivity index (χ0v) is 13.3. The van der Waals surface area contributed by atoms with Gasteiger partial charge in [-0.15, -0.1) is 0 Å². The maximum atomic E-state index is 5.02. The second kappa shape index (κ2) is 10.9. The molecule has 1 heterocycles. The molecule has 0 amide bonds. The van der Waals surface area contributed by atoms with Gasteiger partial charge in [-0.25, -0.2) is 0 Å². The Balaban J connectivity index is 2.07. The molecule has 0 saturated carbocycles. The highest BCUT2D eigenvalue weighted by atomic mass is 16.5. The number of guanidine groups is 1. The molecule has 6 nitrogen and oxygen atoms in total. The third-order valence-electron chi connectivity index (χ3n) is 3.67. The van der Waals surface area contributed by atoms with Crippen molar-refractivity contribution in [3.05, 3.63) is 0 Å². The molecule has 0 atom stereocenters. The van der Waals surface area contributed by atoms with Crippen LogP contribution in [0, 0.1) is 0 Å². The first-order valence-electron chi connectivity index (χ1n) is 7.68. The first-order valence-corrected chi connectivity index (χ1v) is 7.68. The van der Waals surface area contributed by atoms with Crippen molar-refractivity contribution < 1.29 is 4.74 Å². The van der Waals surface area contributed by atoms with Crippen molar-refractivity contribution in [3.8, 4) is 0 Å². The summed E-state index contributed by atoms with van der Waals surface area (Å²) in [7, 11) is 3.54. The van der Waals surface area contributed by atoms with E-state index >= 15 is 0 Å². The molecule has 0 unspecified atom stereocenters. The number of aliphatic imine (C=N–C) groups is 1. The fraction of sp³-hybridized carbons (Fsp3) is 0.929. The van der Waals surface area contributed by atoms with Crippen LogP contribution in [0.1, 0.15) is 13.3 Å². The van der Waals surface area contributed by atoms with Crippen LogP contribution < -0.4 is 10.6 Å². The van der Waals surface area contributed by atoms with Crippen LogP contribution in [0.5, 0.6) is 0 Å². The van der Waals surface area contributed by atoms with E-state index in [2.05, 4.69) is 32.3 Å². The van der Waals surface area contributed by atoms with E-state index < -0.39 is 0 Å². The maximum Gasteiger partial charge on any atom is 0.191 e. The lowest BCUT2D eigenvalue weighted by molar-refractivity contribution is 0.139. The summed E-state index contributed by atoms with van der Waals surface area (Å²) >= 11 is 0. The molecule has 1 fully saturated rings. The zero-order chi connectivity index (χ0) is 14.6. The molecule has 0 aromatic heterocycles. The average Bonchev–Trinajstić information content (AvgIpc) is 2.50. The fourth-order valence-corrected chi connectivity index (χ4v) is 2.31. The second-order valence-electron chi connectivity index (χ2n) is 5.05. The summed E-state index contributed by atoms with van der Waals surface area (Å²) in [6, 6.07) is 0. The van der Waals surface area contributed by atoms with Crippen LogP contribution in [0.4, 0.5) is 0 Å². The van der Waals surface area contributed by atoms with E-state index in [9.17, 15) is 0 Å². The topological polar surface area (TPSA) is 52.1 Å². The summed E-state index contributed by atoms with van der Waals surface area (Å²) in [6.07, 6.45) is 0.996. The minimum atomic E-state index is 0.783.